The van der Waals surface area contributed by atoms with Crippen LogP contribution < -0.4 is 22.1 Å². The molecule has 1 rings (SSSR count). The van der Waals surface area contributed by atoms with Crippen LogP contribution in [0.1, 0.15) is 20.8 Å². The number of hydrogen-bond donors (Lipinski definition) is 4. The van der Waals surface area contributed by atoms with Crippen LogP contribution in [0.3, 0.4) is 0 Å². The quantitative estimate of drug-likeness (QED) is 0.637. The molecule has 7 heteroatoms. The maximum atomic E-state index is 13.9. The van der Waals surface area contributed by atoms with E-state index in [0.717, 1.165) is 0 Å². The molecular weight excluding hydrogens is 271 g/mol. The summed E-state index contributed by atoms with van der Waals surface area (Å²) in [6.07, 6.45) is 0. The van der Waals surface area contributed by atoms with Gasteiger partial charge in [0.25, 0.3) is 0 Å². The fourth-order valence-corrected chi connectivity index (χ4v) is 1.65. The van der Waals surface area contributed by atoms with Crippen molar-refractivity contribution in [3.05, 3.63) is 16.9 Å². The Hall–Kier alpha value is -1.69. The number of carbonyl (C=O) groups excluding carboxylic acids is 1. The van der Waals surface area contributed by atoms with Crippen LogP contribution in [-0.2, 0) is 4.79 Å². The molecule has 0 spiro atoms. The first kappa shape index (κ1) is 15.4. The van der Waals surface area contributed by atoms with Gasteiger partial charge in [-0.15, -0.1) is 0 Å². The third-order valence-corrected chi connectivity index (χ3v) is 2.83. The molecule has 0 bridgehead atoms. The lowest BCUT2D eigenvalue weighted by molar-refractivity contribution is -0.122. The van der Waals surface area contributed by atoms with Gasteiger partial charge in [0, 0.05) is 6.04 Å². The molecule has 0 heterocycles. The lowest BCUT2D eigenvalue weighted by atomic mass is 10.2. The van der Waals surface area contributed by atoms with Crippen LogP contribution in [0.15, 0.2) is 6.07 Å². The zero-order chi connectivity index (χ0) is 14.7. The van der Waals surface area contributed by atoms with Gasteiger partial charge in [0.1, 0.15) is 11.1 Å². The van der Waals surface area contributed by atoms with Crippen molar-refractivity contribution < 1.29 is 9.18 Å². The Morgan fingerprint density at radius 2 is 1.89 bits per heavy atom. The number of benzene rings is 1. The fraction of sp³-hybridized carbons (Fsp3) is 0.417. The number of halogens is 2. The van der Waals surface area contributed by atoms with Gasteiger partial charge < -0.3 is 22.1 Å². The van der Waals surface area contributed by atoms with E-state index in [0.29, 0.717) is 0 Å². The molecule has 0 aliphatic rings. The predicted octanol–water partition coefficient (Wildman–Crippen LogP) is 1.97. The molecule has 106 valence electrons. The minimum absolute atomic E-state index is 0.00560. The number of anilines is 3. The molecular formula is C12H18ClFN4O. The Morgan fingerprint density at radius 3 is 2.42 bits per heavy atom. The lowest BCUT2D eigenvalue weighted by Crippen LogP contribution is -2.41. The van der Waals surface area contributed by atoms with Crippen LogP contribution >= 0.6 is 11.6 Å². The van der Waals surface area contributed by atoms with E-state index in [-0.39, 0.29) is 34.0 Å². The Balaban J connectivity index is 2.94. The molecule has 1 amide bonds. The van der Waals surface area contributed by atoms with Crippen LogP contribution in [0, 0.1) is 5.82 Å². The molecule has 1 atom stereocenters. The fourth-order valence-electron chi connectivity index (χ4n) is 1.50. The third kappa shape index (κ3) is 3.64. The minimum Gasteiger partial charge on any atom is -0.397 e. The average Bonchev–Trinajstić information content (AvgIpc) is 2.30. The van der Waals surface area contributed by atoms with Gasteiger partial charge in [-0.3, -0.25) is 4.79 Å². The van der Waals surface area contributed by atoms with Gasteiger partial charge >= 0.3 is 0 Å². The SMILES string of the molecule is CC(C)NC(=O)C(C)Nc1c(N)cc(N)c(Cl)c1F. The molecule has 0 radical (unpaired) electrons. The Morgan fingerprint density at radius 1 is 1.32 bits per heavy atom. The van der Waals surface area contributed by atoms with Crippen molar-refractivity contribution >= 4 is 34.6 Å². The van der Waals surface area contributed by atoms with Crippen molar-refractivity contribution in [3.63, 3.8) is 0 Å². The average molecular weight is 289 g/mol. The summed E-state index contributed by atoms with van der Waals surface area (Å²) in [4.78, 5) is 11.7. The largest absolute Gasteiger partial charge is 0.397 e. The van der Waals surface area contributed by atoms with E-state index in [1.54, 1.807) is 6.92 Å². The summed E-state index contributed by atoms with van der Waals surface area (Å²) in [7, 11) is 0. The molecule has 19 heavy (non-hydrogen) atoms. The van der Waals surface area contributed by atoms with Gasteiger partial charge in [-0.2, -0.15) is 0 Å². The number of hydrogen-bond acceptors (Lipinski definition) is 4. The van der Waals surface area contributed by atoms with Gasteiger partial charge in [-0.05, 0) is 26.8 Å². The van der Waals surface area contributed by atoms with Crippen molar-refractivity contribution in [1.82, 2.24) is 5.32 Å². The summed E-state index contributed by atoms with van der Waals surface area (Å²) in [5, 5.41) is 5.19. The Kier molecular flexibility index (Phi) is 4.83. The van der Waals surface area contributed by atoms with Crippen LogP contribution in [-0.4, -0.2) is 18.0 Å². The van der Waals surface area contributed by atoms with Crippen molar-refractivity contribution in [3.8, 4) is 0 Å². The predicted molar refractivity (Wildman–Crippen MR) is 76.6 cm³/mol. The van der Waals surface area contributed by atoms with Crippen LogP contribution in [0.2, 0.25) is 5.02 Å². The standard InChI is InChI=1S/C12H18ClFN4O/c1-5(2)17-12(19)6(3)18-11-8(16)4-7(15)9(13)10(11)14/h4-6,18H,15-16H2,1-3H3,(H,17,19). The van der Waals surface area contributed by atoms with E-state index >= 15 is 0 Å². The highest BCUT2D eigenvalue weighted by molar-refractivity contribution is 6.33. The maximum absolute atomic E-state index is 13.9. The molecule has 0 saturated carbocycles. The summed E-state index contributed by atoms with van der Waals surface area (Å²) in [6, 6.07) is 0.689. The van der Waals surface area contributed by atoms with E-state index in [1.807, 2.05) is 13.8 Å². The van der Waals surface area contributed by atoms with Crippen LogP contribution in [0.5, 0.6) is 0 Å². The highest BCUT2D eigenvalue weighted by Gasteiger charge is 2.19. The van der Waals surface area contributed by atoms with E-state index in [1.165, 1.54) is 6.07 Å². The number of carbonyl (C=O) groups is 1. The van der Waals surface area contributed by atoms with Gasteiger partial charge in [-0.25, -0.2) is 4.39 Å². The smallest absolute Gasteiger partial charge is 0.242 e. The van der Waals surface area contributed by atoms with Gasteiger partial charge in [0.2, 0.25) is 5.91 Å². The van der Waals surface area contributed by atoms with E-state index in [2.05, 4.69) is 10.6 Å². The van der Waals surface area contributed by atoms with Crippen molar-refractivity contribution in [2.75, 3.05) is 16.8 Å². The molecule has 0 aliphatic carbocycles. The summed E-state index contributed by atoms with van der Waals surface area (Å²) in [6.45, 7) is 5.26. The highest BCUT2D eigenvalue weighted by atomic mass is 35.5. The highest BCUT2D eigenvalue weighted by Crippen LogP contribution is 2.33. The second-order valence-corrected chi connectivity index (χ2v) is 4.97. The topological polar surface area (TPSA) is 93.2 Å². The molecule has 0 aromatic heterocycles. The maximum Gasteiger partial charge on any atom is 0.242 e. The van der Waals surface area contributed by atoms with E-state index < -0.39 is 11.9 Å². The van der Waals surface area contributed by atoms with E-state index in [4.69, 9.17) is 23.1 Å². The molecule has 0 fully saturated rings. The van der Waals surface area contributed by atoms with Crippen LogP contribution in [0.4, 0.5) is 21.5 Å². The molecule has 1 unspecified atom stereocenters. The first-order valence-electron chi connectivity index (χ1n) is 5.83. The normalized spacial score (nSPS) is 12.3. The third-order valence-electron chi connectivity index (χ3n) is 2.45. The van der Waals surface area contributed by atoms with Crippen molar-refractivity contribution in [2.24, 2.45) is 0 Å². The summed E-state index contributed by atoms with van der Waals surface area (Å²) < 4.78 is 13.9. The molecule has 0 aliphatic heterocycles. The first-order chi connectivity index (χ1) is 8.73. The molecule has 5 nitrogen and oxygen atoms in total. The Bertz CT molecular complexity index is 493. The number of nitrogens with one attached hydrogen (secondary N) is 2. The number of nitrogen functional groups attached to an aromatic ring is 2. The zero-order valence-corrected chi connectivity index (χ0v) is 11.8. The second-order valence-electron chi connectivity index (χ2n) is 4.59. The number of amides is 1. The summed E-state index contributed by atoms with van der Waals surface area (Å²) >= 11 is 5.71. The molecule has 0 saturated heterocycles. The first-order valence-corrected chi connectivity index (χ1v) is 6.21. The molecule has 1 aromatic carbocycles. The number of rotatable bonds is 4. The van der Waals surface area contributed by atoms with Gasteiger partial charge in [0.05, 0.1) is 17.1 Å². The molecule has 6 N–H and O–H groups in total. The monoisotopic (exact) mass is 288 g/mol. The van der Waals surface area contributed by atoms with Gasteiger partial charge in [-0.1, -0.05) is 11.6 Å². The van der Waals surface area contributed by atoms with E-state index in [9.17, 15) is 9.18 Å². The zero-order valence-electron chi connectivity index (χ0n) is 11.1. The van der Waals surface area contributed by atoms with Crippen LogP contribution in [0.25, 0.3) is 0 Å². The lowest BCUT2D eigenvalue weighted by Gasteiger charge is -2.19. The summed E-state index contributed by atoms with van der Waals surface area (Å²) in [5.74, 6) is -1.02. The Labute approximate surface area is 116 Å². The second kappa shape index (κ2) is 5.97. The summed E-state index contributed by atoms with van der Waals surface area (Å²) in [5.41, 5.74) is 11.3. The minimum atomic E-state index is -0.761. The van der Waals surface area contributed by atoms with Crippen molar-refractivity contribution in [1.29, 1.82) is 0 Å². The van der Waals surface area contributed by atoms with Crippen molar-refractivity contribution in [2.45, 2.75) is 32.9 Å². The number of nitrogens with two attached hydrogens (primary N) is 2. The molecule has 1 aromatic rings. The van der Waals surface area contributed by atoms with Gasteiger partial charge in [0.15, 0.2) is 5.82 Å².